The summed E-state index contributed by atoms with van der Waals surface area (Å²) in [6, 6.07) is 0.498. The summed E-state index contributed by atoms with van der Waals surface area (Å²) in [6.45, 7) is 11.0. The van der Waals surface area contributed by atoms with Crippen LogP contribution in [0.4, 0.5) is 0 Å². The Bertz CT molecular complexity index is 158. The normalized spacial score (nSPS) is 29.8. The van der Waals surface area contributed by atoms with Crippen molar-refractivity contribution >= 4 is 0 Å². The number of rotatable bonds is 0. The largest absolute Gasteiger partial charge is 0.295 e. The summed E-state index contributed by atoms with van der Waals surface area (Å²) in [7, 11) is 2.09. The topological polar surface area (TPSA) is 3.24 Å². The molecule has 0 N–H and O–H groups in total. The Morgan fingerprint density at radius 3 is 2.22 bits per heavy atom. The highest BCUT2D eigenvalue weighted by atomic mass is 15.1. The van der Waals surface area contributed by atoms with E-state index in [-0.39, 0.29) is 0 Å². The summed E-state index contributed by atoms with van der Waals surface area (Å²) in [4.78, 5) is 2.24. The molecule has 50 valence electrons. The van der Waals surface area contributed by atoms with Gasteiger partial charge in [-0.2, -0.15) is 0 Å². The molecule has 1 fully saturated rings. The molecule has 1 aliphatic rings. The van der Waals surface area contributed by atoms with Crippen molar-refractivity contribution in [3.8, 4) is 0 Å². The van der Waals surface area contributed by atoms with Gasteiger partial charge in [0.1, 0.15) is 0 Å². The lowest BCUT2D eigenvalue weighted by Crippen LogP contribution is -2.21. The van der Waals surface area contributed by atoms with Gasteiger partial charge in [0.15, 0.2) is 0 Å². The lowest BCUT2D eigenvalue weighted by molar-refractivity contribution is 0.354. The third-order valence-corrected chi connectivity index (χ3v) is 2.06. The van der Waals surface area contributed by atoms with E-state index in [4.69, 9.17) is 0 Å². The molecule has 1 aliphatic heterocycles. The first-order chi connectivity index (χ1) is 4.13. The average molecular weight is 123 g/mol. The predicted octanol–water partition coefficient (Wildman–Crippen LogP) is 1.43. The van der Waals surface area contributed by atoms with Crippen molar-refractivity contribution in [3.05, 3.63) is 24.3 Å². The first-order valence-electron chi connectivity index (χ1n) is 3.20. The van der Waals surface area contributed by atoms with E-state index in [0.717, 1.165) is 6.54 Å². The minimum atomic E-state index is 0.498. The maximum atomic E-state index is 3.93. The van der Waals surface area contributed by atoms with Crippen LogP contribution in [0.5, 0.6) is 0 Å². The maximum Gasteiger partial charge on any atom is 0.0317 e. The van der Waals surface area contributed by atoms with E-state index in [1.165, 1.54) is 11.1 Å². The summed E-state index contributed by atoms with van der Waals surface area (Å²) >= 11 is 0. The SMILES string of the molecule is C=C1CN(C)C(C)C1=C. The van der Waals surface area contributed by atoms with E-state index in [0.29, 0.717) is 6.04 Å². The molecule has 0 aliphatic carbocycles. The Morgan fingerprint density at radius 1 is 1.56 bits per heavy atom. The summed E-state index contributed by atoms with van der Waals surface area (Å²) in [5, 5.41) is 0. The third kappa shape index (κ3) is 0.924. The van der Waals surface area contributed by atoms with Crippen LogP contribution in [0.1, 0.15) is 6.92 Å². The molecule has 0 radical (unpaired) electrons. The quantitative estimate of drug-likeness (QED) is 0.471. The Hall–Kier alpha value is -0.560. The van der Waals surface area contributed by atoms with E-state index < -0.39 is 0 Å². The van der Waals surface area contributed by atoms with Crippen LogP contribution < -0.4 is 0 Å². The van der Waals surface area contributed by atoms with E-state index >= 15 is 0 Å². The van der Waals surface area contributed by atoms with Gasteiger partial charge in [-0.1, -0.05) is 13.2 Å². The molecule has 1 nitrogen and oxygen atoms in total. The van der Waals surface area contributed by atoms with Gasteiger partial charge in [-0.25, -0.2) is 0 Å². The Morgan fingerprint density at radius 2 is 2.11 bits per heavy atom. The molecular weight excluding hydrogens is 110 g/mol. The van der Waals surface area contributed by atoms with Gasteiger partial charge in [-0.05, 0) is 25.1 Å². The van der Waals surface area contributed by atoms with Crippen LogP contribution in [0.2, 0.25) is 0 Å². The van der Waals surface area contributed by atoms with Gasteiger partial charge >= 0.3 is 0 Å². The van der Waals surface area contributed by atoms with Crippen LogP contribution in [0.15, 0.2) is 24.3 Å². The molecule has 1 unspecified atom stereocenters. The van der Waals surface area contributed by atoms with Crippen molar-refractivity contribution in [2.75, 3.05) is 13.6 Å². The lowest BCUT2D eigenvalue weighted by atomic mass is 10.1. The monoisotopic (exact) mass is 123 g/mol. The minimum Gasteiger partial charge on any atom is -0.295 e. The van der Waals surface area contributed by atoms with E-state index in [2.05, 4.69) is 32.0 Å². The first kappa shape index (κ1) is 6.56. The van der Waals surface area contributed by atoms with Crippen molar-refractivity contribution in [1.82, 2.24) is 4.90 Å². The predicted molar refractivity (Wildman–Crippen MR) is 40.4 cm³/mol. The Balaban J connectivity index is 2.77. The van der Waals surface area contributed by atoms with Crippen molar-refractivity contribution in [2.24, 2.45) is 0 Å². The smallest absolute Gasteiger partial charge is 0.0317 e. The number of nitrogens with zero attached hydrogens (tertiary/aromatic N) is 1. The van der Waals surface area contributed by atoms with Gasteiger partial charge in [0.05, 0.1) is 0 Å². The molecule has 0 spiro atoms. The molecular formula is C8H13N. The molecule has 1 saturated heterocycles. The van der Waals surface area contributed by atoms with E-state index in [9.17, 15) is 0 Å². The van der Waals surface area contributed by atoms with E-state index in [1.807, 2.05) is 0 Å². The Kier molecular flexibility index (Phi) is 1.45. The second kappa shape index (κ2) is 1.99. The molecule has 0 aromatic heterocycles. The van der Waals surface area contributed by atoms with Crippen LogP contribution in [0, 0.1) is 0 Å². The summed E-state index contributed by atoms with van der Waals surface area (Å²) in [6.07, 6.45) is 0. The van der Waals surface area contributed by atoms with Crippen molar-refractivity contribution in [1.29, 1.82) is 0 Å². The Labute approximate surface area is 56.7 Å². The zero-order valence-corrected chi connectivity index (χ0v) is 6.15. The van der Waals surface area contributed by atoms with Gasteiger partial charge in [0.25, 0.3) is 0 Å². The van der Waals surface area contributed by atoms with Gasteiger partial charge in [0, 0.05) is 12.6 Å². The fourth-order valence-corrected chi connectivity index (χ4v) is 1.10. The molecule has 1 atom stereocenters. The fraction of sp³-hybridized carbons (Fsp3) is 0.500. The number of likely N-dealkylation sites (tertiary alicyclic amines) is 1. The van der Waals surface area contributed by atoms with Gasteiger partial charge < -0.3 is 0 Å². The summed E-state index contributed by atoms with van der Waals surface area (Å²) < 4.78 is 0. The average Bonchev–Trinajstić information content (AvgIpc) is 1.98. The molecule has 1 heteroatoms. The van der Waals surface area contributed by atoms with Crippen LogP contribution in [-0.2, 0) is 0 Å². The minimum absolute atomic E-state index is 0.498. The number of hydrogen-bond donors (Lipinski definition) is 0. The molecule has 0 bridgehead atoms. The molecule has 9 heavy (non-hydrogen) atoms. The maximum absolute atomic E-state index is 3.93. The van der Waals surface area contributed by atoms with Crippen LogP contribution in [0.25, 0.3) is 0 Å². The van der Waals surface area contributed by atoms with Crippen molar-refractivity contribution < 1.29 is 0 Å². The molecule has 0 saturated carbocycles. The number of hydrogen-bond acceptors (Lipinski definition) is 1. The van der Waals surface area contributed by atoms with Crippen LogP contribution in [-0.4, -0.2) is 24.5 Å². The number of likely N-dealkylation sites (N-methyl/N-ethyl adjacent to an activating group) is 1. The lowest BCUT2D eigenvalue weighted by Gasteiger charge is -2.12. The van der Waals surface area contributed by atoms with Crippen LogP contribution >= 0.6 is 0 Å². The zero-order chi connectivity index (χ0) is 7.02. The second-order valence-electron chi connectivity index (χ2n) is 2.72. The van der Waals surface area contributed by atoms with Gasteiger partial charge in [0.2, 0.25) is 0 Å². The van der Waals surface area contributed by atoms with Crippen molar-refractivity contribution in [2.45, 2.75) is 13.0 Å². The highest BCUT2D eigenvalue weighted by Gasteiger charge is 2.22. The third-order valence-electron chi connectivity index (χ3n) is 2.06. The van der Waals surface area contributed by atoms with Crippen molar-refractivity contribution in [3.63, 3.8) is 0 Å². The van der Waals surface area contributed by atoms with Gasteiger partial charge in [-0.3, -0.25) is 4.90 Å². The molecule has 0 aromatic rings. The summed E-state index contributed by atoms with van der Waals surface area (Å²) in [5.41, 5.74) is 2.38. The molecule has 1 heterocycles. The first-order valence-corrected chi connectivity index (χ1v) is 3.20. The van der Waals surface area contributed by atoms with Crippen LogP contribution in [0.3, 0.4) is 0 Å². The zero-order valence-electron chi connectivity index (χ0n) is 6.15. The van der Waals surface area contributed by atoms with Gasteiger partial charge in [-0.15, -0.1) is 0 Å². The second-order valence-corrected chi connectivity index (χ2v) is 2.72. The summed E-state index contributed by atoms with van der Waals surface area (Å²) in [5.74, 6) is 0. The fourth-order valence-electron chi connectivity index (χ4n) is 1.10. The highest BCUT2D eigenvalue weighted by Crippen LogP contribution is 2.23. The molecule has 0 amide bonds. The highest BCUT2D eigenvalue weighted by molar-refractivity contribution is 5.35. The molecule has 1 rings (SSSR count). The standard InChI is InChI=1S/C8H13N/c1-6-5-9(4)8(3)7(6)2/h8H,1-2,5H2,3-4H3. The van der Waals surface area contributed by atoms with E-state index in [1.54, 1.807) is 0 Å². The molecule has 0 aromatic carbocycles.